The van der Waals surface area contributed by atoms with Crippen molar-refractivity contribution in [1.82, 2.24) is 4.57 Å². The Morgan fingerprint density at radius 1 is 0.778 bits per heavy atom. The highest BCUT2D eigenvalue weighted by Gasteiger charge is 2.49. The van der Waals surface area contributed by atoms with Gasteiger partial charge in [-0.05, 0) is 55.7 Å². The molecule has 0 amide bonds. The molecule has 2 atom stereocenters. The van der Waals surface area contributed by atoms with Crippen molar-refractivity contribution in [2.24, 2.45) is 10.9 Å². The maximum absolute atomic E-state index is 5.38. The summed E-state index contributed by atoms with van der Waals surface area (Å²) in [4.78, 5) is 5.38. The zero-order valence-electron chi connectivity index (χ0n) is 20.6. The summed E-state index contributed by atoms with van der Waals surface area (Å²) in [5.74, 6) is 0.260. The van der Waals surface area contributed by atoms with Crippen LogP contribution in [0.2, 0.25) is 0 Å². The van der Waals surface area contributed by atoms with Gasteiger partial charge in [0, 0.05) is 39.4 Å². The molecule has 2 aliphatic rings. The van der Waals surface area contributed by atoms with Crippen molar-refractivity contribution in [1.29, 1.82) is 0 Å². The first-order valence-electron chi connectivity index (χ1n) is 12.8. The van der Waals surface area contributed by atoms with Crippen LogP contribution >= 0.6 is 0 Å². The van der Waals surface area contributed by atoms with Crippen LogP contribution in [0.1, 0.15) is 34.9 Å². The minimum Gasteiger partial charge on any atom is -0.313 e. The van der Waals surface area contributed by atoms with E-state index >= 15 is 0 Å². The Hall–Kier alpha value is -4.17. The molecule has 0 fully saturated rings. The maximum Gasteiger partial charge on any atom is 0.0588 e. The van der Waals surface area contributed by atoms with Crippen LogP contribution in [0.4, 0.5) is 0 Å². The highest BCUT2D eigenvalue weighted by atomic mass is 15.0. The standard InChI is InChI=1S/C34H28N2/c1-23-17-19-26(20-18-23)36-31-16-10-9-15-27(31)28-21-30-29(22-32(28)36)34(2,25-13-7-4-8-14-25)33(35-30)24-11-5-3-6-12-24/h3-21,29H,22H2,1-2H3. The van der Waals surface area contributed by atoms with Crippen LogP contribution in [-0.4, -0.2) is 10.3 Å². The SMILES string of the molecule is Cc1ccc(-n2c3c(c4ccccc42)C=C2N=C(c4ccccc4)C(C)(c4ccccc4)C2C3)cc1. The van der Waals surface area contributed by atoms with E-state index in [1.807, 2.05) is 0 Å². The molecule has 1 aliphatic heterocycles. The second-order valence-electron chi connectivity index (χ2n) is 10.3. The number of rotatable bonds is 3. The predicted molar refractivity (Wildman–Crippen MR) is 150 cm³/mol. The molecule has 0 saturated heterocycles. The summed E-state index contributed by atoms with van der Waals surface area (Å²) in [5, 5.41) is 1.30. The average Bonchev–Trinajstić information content (AvgIpc) is 3.41. The Morgan fingerprint density at radius 3 is 2.19 bits per heavy atom. The first kappa shape index (κ1) is 21.1. The van der Waals surface area contributed by atoms with Gasteiger partial charge in [-0.3, -0.25) is 4.99 Å². The number of hydrogen-bond donors (Lipinski definition) is 0. The van der Waals surface area contributed by atoms with Crippen LogP contribution in [0, 0.1) is 12.8 Å². The second-order valence-corrected chi connectivity index (χ2v) is 10.3. The van der Waals surface area contributed by atoms with Gasteiger partial charge in [0.05, 0.1) is 11.2 Å². The van der Waals surface area contributed by atoms with E-state index in [1.165, 1.54) is 55.9 Å². The van der Waals surface area contributed by atoms with E-state index in [1.54, 1.807) is 0 Å². The number of allylic oxidation sites excluding steroid dienone is 1. The molecule has 7 rings (SSSR count). The molecular weight excluding hydrogens is 436 g/mol. The fourth-order valence-electron chi connectivity index (χ4n) is 6.32. The van der Waals surface area contributed by atoms with Gasteiger partial charge in [-0.2, -0.15) is 0 Å². The van der Waals surface area contributed by atoms with E-state index in [9.17, 15) is 0 Å². The van der Waals surface area contributed by atoms with Crippen molar-refractivity contribution in [3.8, 4) is 5.69 Å². The maximum atomic E-state index is 5.38. The molecule has 0 N–H and O–H groups in total. The number of aryl methyl sites for hydroxylation is 1. The highest BCUT2D eigenvalue weighted by Crippen LogP contribution is 2.51. The molecule has 2 heterocycles. The van der Waals surface area contributed by atoms with Crippen LogP contribution in [-0.2, 0) is 11.8 Å². The first-order valence-corrected chi connectivity index (χ1v) is 12.8. The van der Waals surface area contributed by atoms with Crippen LogP contribution in [0.15, 0.2) is 120 Å². The van der Waals surface area contributed by atoms with Gasteiger partial charge in [0.1, 0.15) is 0 Å². The Morgan fingerprint density at radius 2 is 1.44 bits per heavy atom. The van der Waals surface area contributed by atoms with Gasteiger partial charge in [-0.15, -0.1) is 0 Å². The number of aliphatic imine (C=N–C) groups is 1. The largest absolute Gasteiger partial charge is 0.313 e. The topological polar surface area (TPSA) is 17.3 Å². The number of benzene rings is 4. The summed E-state index contributed by atoms with van der Waals surface area (Å²) in [6, 6.07) is 39.4. The smallest absolute Gasteiger partial charge is 0.0588 e. The summed E-state index contributed by atoms with van der Waals surface area (Å²) < 4.78 is 2.48. The van der Waals surface area contributed by atoms with Gasteiger partial charge in [0.2, 0.25) is 0 Å². The summed E-state index contributed by atoms with van der Waals surface area (Å²) >= 11 is 0. The summed E-state index contributed by atoms with van der Waals surface area (Å²) in [7, 11) is 0. The van der Waals surface area contributed by atoms with Gasteiger partial charge in [0.25, 0.3) is 0 Å². The molecule has 5 aromatic rings. The molecule has 4 aromatic carbocycles. The summed E-state index contributed by atoms with van der Waals surface area (Å²) in [5.41, 5.74) is 11.1. The molecule has 1 aromatic heterocycles. The van der Waals surface area contributed by atoms with E-state index in [4.69, 9.17) is 4.99 Å². The van der Waals surface area contributed by atoms with Gasteiger partial charge in [-0.25, -0.2) is 0 Å². The third kappa shape index (κ3) is 3.01. The quantitative estimate of drug-likeness (QED) is 0.258. The summed E-state index contributed by atoms with van der Waals surface area (Å²) in [6.07, 6.45) is 3.31. The molecule has 36 heavy (non-hydrogen) atoms. The van der Waals surface area contributed by atoms with Crippen molar-refractivity contribution in [2.75, 3.05) is 0 Å². The average molecular weight is 465 g/mol. The number of hydrogen-bond acceptors (Lipinski definition) is 1. The van der Waals surface area contributed by atoms with Crippen molar-refractivity contribution in [3.63, 3.8) is 0 Å². The molecule has 2 unspecified atom stereocenters. The van der Waals surface area contributed by atoms with Crippen molar-refractivity contribution in [2.45, 2.75) is 25.7 Å². The third-order valence-corrected chi connectivity index (χ3v) is 8.21. The van der Waals surface area contributed by atoms with Gasteiger partial charge >= 0.3 is 0 Å². The van der Waals surface area contributed by atoms with E-state index in [0.29, 0.717) is 0 Å². The normalized spacial score (nSPS) is 20.6. The lowest BCUT2D eigenvalue weighted by Gasteiger charge is -2.36. The van der Waals surface area contributed by atoms with E-state index in [0.717, 1.165) is 6.42 Å². The molecule has 0 bridgehead atoms. The summed E-state index contributed by atoms with van der Waals surface area (Å²) in [6.45, 7) is 4.54. The second kappa shape index (κ2) is 7.93. The highest BCUT2D eigenvalue weighted by molar-refractivity contribution is 6.11. The van der Waals surface area contributed by atoms with Gasteiger partial charge < -0.3 is 4.57 Å². The fourth-order valence-corrected chi connectivity index (χ4v) is 6.32. The molecule has 0 saturated carbocycles. The number of nitrogens with zero attached hydrogens (tertiary/aromatic N) is 2. The lowest BCUT2D eigenvalue weighted by Crippen LogP contribution is -2.39. The number of fused-ring (bicyclic) bond motifs is 4. The molecule has 0 radical (unpaired) electrons. The lowest BCUT2D eigenvalue weighted by atomic mass is 9.65. The molecule has 1 aliphatic carbocycles. The predicted octanol–water partition coefficient (Wildman–Crippen LogP) is 7.91. The van der Waals surface area contributed by atoms with Crippen LogP contribution < -0.4 is 0 Å². The van der Waals surface area contributed by atoms with E-state index in [-0.39, 0.29) is 11.3 Å². The third-order valence-electron chi connectivity index (χ3n) is 8.21. The lowest BCUT2D eigenvalue weighted by molar-refractivity contribution is 0.448. The van der Waals surface area contributed by atoms with E-state index < -0.39 is 0 Å². The minimum atomic E-state index is -0.222. The van der Waals surface area contributed by atoms with Gasteiger partial charge in [0.15, 0.2) is 0 Å². The zero-order valence-corrected chi connectivity index (χ0v) is 20.6. The Labute approximate surface area is 212 Å². The van der Waals surface area contributed by atoms with Crippen LogP contribution in [0.5, 0.6) is 0 Å². The molecular formula is C34H28N2. The van der Waals surface area contributed by atoms with Crippen molar-refractivity contribution in [3.05, 3.63) is 143 Å². The first-order chi connectivity index (χ1) is 17.6. The molecule has 174 valence electrons. The fraction of sp³-hybridized carbons (Fsp3) is 0.147. The Balaban J connectivity index is 1.48. The number of para-hydroxylation sites is 1. The molecule has 0 spiro atoms. The Kier molecular flexibility index (Phi) is 4.65. The van der Waals surface area contributed by atoms with Crippen LogP contribution in [0.25, 0.3) is 22.7 Å². The minimum absolute atomic E-state index is 0.222. The van der Waals surface area contributed by atoms with Crippen molar-refractivity contribution < 1.29 is 0 Å². The number of aromatic nitrogens is 1. The Bertz CT molecular complexity index is 1650. The monoisotopic (exact) mass is 464 g/mol. The molecule has 2 nitrogen and oxygen atoms in total. The van der Waals surface area contributed by atoms with Crippen LogP contribution in [0.3, 0.4) is 0 Å². The van der Waals surface area contributed by atoms with E-state index in [2.05, 4.69) is 134 Å². The zero-order chi connectivity index (χ0) is 24.3. The van der Waals surface area contributed by atoms with Gasteiger partial charge in [-0.1, -0.05) is 96.6 Å². The molecule has 2 heteroatoms. The van der Waals surface area contributed by atoms with Crippen molar-refractivity contribution >= 4 is 22.7 Å².